The number of hydrogen-bond donors (Lipinski definition) is 1. The average Bonchev–Trinajstić information content (AvgIpc) is 2.63. The summed E-state index contributed by atoms with van der Waals surface area (Å²) in [6.45, 7) is 2.63. The summed E-state index contributed by atoms with van der Waals surface area (Å²) in [5.74, 6) is 1.34. The predicted octanol–water partition coefficient (Wildman–Crippen LogP) is 2.97. The standard InChI is InChI=1S/C8H12F3N3S2/c1-5(4-15-2)3-12-7-14-13-6(16-7)8(9,10)11/h5H,3-4H2,1-2H3,(H,12,14). The third-order valence-electron chi connectivity index (χ3n) is 1.72. The van der Waals surface area contributed by atoms with E-state index in [1.165, 1.54) is 0 Å². The minimum absolute atomic E-state index is 0.222. The van der Waals surface area contributed by atoms with Crippen LogP contribution in [-0.2, 0) is 6.18 Å². The number of alkyl halides is 3. The van der Waals surface area contributed by atoms with Crippen molar-refractivity contribution in [2.45, 2.75) is 13.1 Å². The molecule has 0 aromatic carbocycles. The van der Waals surface area contributed by atoms with E-state index < -0.39 is 11.2 Å². The Morgan fingerprint density at radius 2 is 2.12 bits per heavy atom. The van der Waals surface area contributed by atoms with Gasteiger partial charge in [0.1, 0.15) is 0 Å². The molecule has 1 heterocycles. The van der Waals surface area contributed by atoms with Crippen molar-refractivity contribution in [3.05, 3.63) is 5.01 Å². The number of halogens is 3. The van der Waals surface area contributed by atoms with Crippen molar-refractivity contribution in [2.24, 2.45) is 5.92 Å². The summed E-state index contributed by atoms with van der Waals surface area (Å²) in [4.78, 5) is 0. The van der Waals surface area contributed by atoms with Gasteiger partial charge in [-0.2, -0.15) is 24.9 Å². The first-order chi connectivity index (χ1) is 7.43. The van der Waals surface area contributed by atoms with Crippen LogP contribution >= 0.6 is 23.1 Å². The molecule has 0 saturated heterocycles. The van der Waals surface area contributed by atoms with E-state index in [-0.39, 0.29) is 5.13 Å². The van der Waals surface area contributed by atoms with Crippen molar-refractivity contribution >= 4 is 28.2 Å². The molecule has 0 spiro atoms. The molecule has 1 atom stereocenters. The van der Waals surface area contributed by atoms with E-state index in [0.717, 1.165) is 5.75 Å². The van der Waals surface area contributed by atoms with Crippen molar-refractivity contribution in [1.82, 2.24) is 10.2 Å². The van der Waals surface area contributed by atoms with Crippen LogP contribution in [0.5, 0.6) is 0 Å². The number of thioether (sulfide) groups is 1. The molecular weight excluding hydrogens is 259 g/mol. The molecule has 0 bridgehead atoms. The summed E-state index contributed by atoms with van der Waals surface area (Å²) in [6.07, 6.45) is -2.41. The fraction of sp³-hybridized carbons (Fsp3) is 0.750. The third kappa shape index (κ3) is 4.17. The highest BCUT2D eigenvalue weighted by atomic mass is 32.2. The monoisotopic (exact) mass is 271 g/mol. The summed E-state index contributed by atoms with van der Waals surface area (Å²) >= 11 is 2.24. The third-order valence-corrected chi connectivity index (χ3v) is 3.55. The predicted molar refractivity (Wildman–Crippen MR) is 60.9 cm³/mol. The van der Waals surface area contributed by atoms with Crippen LogP contribution in [0, 0.1) is 5.92 Å². The Morgan fingerprint density at radius 1 is 1.44 bits per heavy atom. The second kappa shape index (κ2) is 5.72. The Kier molecular flexibility index (Phi) is 4.85. The van der Waals surface area contributed by atoms with Gasteiger partial charge < -0.3 is 5.32 Å². The number of rotatable bonds is 5. The molecule has 1 aromatic rings. The Morgan fingerprint density at radius 3 is 2.62 bits per heavy atom. The summed E-state index contributed by atoms with van der Waals surface area (Å²) < 4.78 is 36.6. The van der Waals surface area contributed by atoms with Crippen LogP contribution < -0.4 is 5.32 Å². The molecule has 0 fully saturated rings. The molecule has 3 nitrogen and oxygen atoms in total. The highest BCUT2D eigenvalue weighted by Crippen LogP contribution is 2.32. The number of aromatic nitrogens is 2. The number of hydrogen-bond acceptors (Lipinski definition) is 5. The van der Waals surface area contributed by atoms with E-state index in [9.17, 15) is 13.2 Å². The molecule has 0 aliphatic carbocycles. The van der Waals surface area contributed by atoms with Gasteiger partial charge in [-0.25, -0.2) is 0 Å². The fourth-order valence-electron chi connectivity index (χ4n) is 1.01. The largest absolute Gasteiger partial charge is 0.445 e. The maximum atomic E-state index is 12.2. The molecular formula is C8H12F3N3S2. The van der Waals surface area contributed by atoms with Crippen molar-refractivity contribution in [3.8, 4) is 0 Å². The average molecular weight is 271 g/mol. The molecule has 16 heavy (non-hydrogen) atoms. The molecule has 1 aromatic heterocycles. The highest BCUT2D eigenvalue weighted by molar-refractivity contribution is 7.98. The minimum Gasteiger partial charge on any atom is -0.360 e. The molecule has 8 heteroatoms. The van der Waals surface area contributed by atoms with E-state index >= 15 is 0 Å². The lowest BCUT2D eigenvalue weighted by atomic mass is 10.2. The van der Waals surface area contributed by atoms with Crippen molar-refractivity contribution in [1.29, 1.82) is 0 Å². The Hall–Kier alpha value is -0.500. The van der Waals surface area contributed by atoms with Crippen LogP contribution in [0.25, 0.3) is 0 Å². The molecule has 0 amide bonds. The normalized spacial score (nSPS) is 13.8. The molecule has 92 valence electrons. The minimum atomic E-state index is -4.40. The number of nitrogens with zero attached hydrogens (tertiary/aromatic N) is 2. The van der Waals surface area contributed by atoms with E-state index in [1.807, 2.05) is 13.2 Å². The lowest BCUT2D eigenvalue weighted by Crippen LogP contribution is -2.12. The van der Waals surface area contributed by atoms with Crippen molar-refractivity contribution in [2.75, 3.05) is 23.9 Å². The summed E-state index contributed by atoms with van der Waals surface area (Å²) in [7, 11) is 0. The van der Waals surface area contributed by atoms with Crippen LogP contribution in [-0.4, -0.2) is 28.8 Å². The quantitative estimate of drug-likeness (QED) is 0.893. The van der Waals surface area contributed by atoms with Gasteiger partial charge in [0.05, 0.1) is 0 Å². The van der Waals surface area contributed by atoms with Gasteiger partial charge in [-0.05, 0) is 17.9 Å². The zero-order chi connectivity index (χ0) is 12.2. The van der Waals surface area contributed by atoms with Gasteiger partial charge in [0, 0.05) is 6.54 Å². The first-order valence-corrected chi connectivity index (χ1v) is 6.78. The summed E-state index contributed by atoms with van der Waals surface area (Å²) in [5.41, 5.74) is 0. The zero-order valence-electron chi connectivity index (χ0n) is 8.84. The first kappa shape index (κ1) is 13.6. The Bertz CT molecular complexity index is 327. The topological polar surface area (TPSA) is 37.8 Å². The highest BCUT2D eigenvalue weighted by Gasteiger charge is 2.35. The van der Waals surface area contributed by atoms with Crippen molar-refractivity contribution < 1.29 is 13.2 Å². The zero-order valence-corrected chi connectivity index (χ0v) is 10.5. The Balaban J connectivity index is 2.47. The van der Waals surface area contributed by atoms with Crippen LogP contribution in [0.3, 0.4) is 0 Å². The Labute approximate surface area is 99.8 Å². The van der Waals surface area contributed by atoms with Crippen LogP contribution in [0.2, 0.25) is 0 Å². The van der Waals surface area contributed by atoms with Gasteiger partial charge in [0.2, 0.25) is 10.1 Å². The SMILES string of the molecule is CSCC(C)CNc1nnc(C(F)(F)F)s1. The van der Waals surface area contributed by atoms with Gasteiger partial charge in [-0.3, -0.25) is 0 Å². The van der Waals surface area contributed by atoms with Gasteiger partial charge >= 0.3 is 6.18 Å². The maximum absolute atomic E-state index is 12.2. The summed E-state index contributed by atoms with van der Waals surface area (Å²) in [6, 6.07) is 0. The molecule has 0 aliphatic rings. The lowest BCUT2D eigenvalue weighted by Gasteiger charge is -2.09. The smallest absolute Gasteiger partial charge is 0.360 e. The second-order valence-electron chi connectivity index (χ2n) is 3.35. The molecule has 0 radical (unpaired) electrons. The van der Waals surface area contributed by atoms with E-state index in [1.54, 1.807) is 11.8 Å². The molecule has 0 aliphatic heterocycles. The van der Waals surface area contributed by atoms with Crippen LogP contribution in [0.15, 0.2) is 0 Å². The second-order valence-corrected chi connectivity index (χ2v) is 5.24. The lowest BCUT2D eigenvalue weighted by molar-refractivity contribution is -0.138. The van der Waals surface area contributed by atoms with E-state index in [2.05, 4.69) is 15.5 Å². The first-order valence-electron chi connectivity index (χ1n) is 4.57. The number of anilines is 1. The number of nitrogens with one attached hydrogen (secondary N) is 1. The van der Waals surface area contributed by atoms with Gasteiger partial charge in [-0.15, -0.1) is 10.2 Å². The molecule has 1 N–H and O–H groups in total. The molecule has 0 saturated carbocycles. The van der Waals surface area contributed by atoms with Gasteiger partial charge in [0.25, 0.3) is 0 Å². The summed E-state index contributed by atoms with van der Waals surface area (Å²) in [5, 5.41) is 8.70. The van der Waals surface area contributed by atoms with Gasteiger partial charge in [0.15, 0.2) is 0 Å². The van der Waals surface area contributed by atoms with Gasteiger partial charge in [-0.1, -0.05) is 18.3 Å². The molecule has 1 unspecified atom stereocenters. The molecule has 1 rings (SSSR count). The maximum Gasteiger partial charge on any atom is 0.445 e. The van der Waals surface area contributed by atoms with Crippen LogP contribution in [0.1, 0.15) is 11.9 Å². The van der Waals surface area contributed by atoms with Crippen molar-refractivity contribution in [3.63, 3.8) is 0 Å². The van der Waals surface area contributed by atoms with E-state index in [0.29, 0.717) is 23.8 Å². The van der Waals surface area contributed by atoms with Crippen LogP contribution in [0.4, 0.5) is 18.3 Å². The van der Waals surface area contributed by atoms with E-state index in [4.69, 9.17) is 0 Å². The fourth-order valence-corrected chi connectivity index (χ4v) is 2.32.